The van der Waals surface area contributed by atoms with E-state index in [1.807, 2.05) is 0 Å². The Morgan fingerprint density at radius 3 is 2.96 bits per heavy atom. The number of sulfonamides is 1. The standard InChI is InChI=1S/C16H15FN4O2S/c1-10-2-3-14(17)15(6-10)24(22,23)21-5-4-12-11(9-21)7-18-16-13(12)8-19-20-16/h2-3,6-8H,4-5,9H2,1H3,(H,18,19,20). The van der Waals surface area contributed by atoms with Crippen molar-refractivity contribution in [2.24, 2.45) is 0 Å². The van der Waals surface area contributed by atoms with E-state index in [2.05, 4.69) is 15.2 Å². The van der Waals surface area contributed by atoms with Gasteiger partial charge in [0.1, 0.15) is 10.7 Å². The molecule has 0 spiro atoms. The van der Waals surface area contributed by atoms with Crippen LogP contribution in [0.3, 0.4) is 0 Å². The van der Waals surface area contributed by atoms with Crippen molar-refractivity contribution < 1.29 is 12.8 Å². The third-order valence-electron chi connectivity index (χ3n) is 4.34. The number of aromatic nitrogens is 3. The van der Waals surface area contributed by atoms with E-state index in [9.17, 15) is 12.8 Å². The fraction of sp³-hybridized carbons (Fsp3) is 0.250. The zero-order valence-corrected chi connectivity index (χ0v) is 13.8. The Morgan fingerprint density at radius 2 is 2.12 bits per heavy atom. The minimum absolute atomic E-state index is 0.180. The Balaban J connectivity index is 1.75. The second-order valence-electron chi connectivity index (χ2n) is 5.92. The van der Waals surface area contributed by atoms with Gasteiger partial charge in [0.05, 0.1) is 6.20 Å². The molecule has 0 unspecified atom stereocenters. The molecule has 1 aliphatic heterocycles. The van der Waals surface area contributed by atoms with Crippen molar-refractivity contribution in [3.8, 4) is 0 Å². The summed E-state index contributed by atoms with van der Waals surface area (Å²) in [5.74, 6) is -0.727. The lowest BCUT2D eigenvalue weighted by atomic mass is 10.0. The molecule has 0 radical (unpaired) electrons. The van der Waals surface area contributed by atoms with E-state index in [4.69, 9.17) is 0 Å². The van der Waals surface area contributed by atoms with Crippen molar-refractivity contribution >= 4 is 21.1 Å². The highest BCUT2D eigenvalue weighted by molar-refractivity contribution is 7.89. The van der Waals surface area contributed by atoms with Gasteiger partial charge in [-0.25, -0.2) is 17.8 Å². The Hall–Kier alpha value is -2.32. The Kier molecular flexibility index (Phi) is 3.40. The molecule has 8 heteroatoms. The summed E-state index contributed by atoms with van der Waals surface area (Å²) >= 11 is 0. The highest BCUT2D eigenvalue weighted by Gasteiger charge is 2.31. The highest BCUT2D eigenvalue weighted by atomic mass is 32.2. The van der Waals surface area contributed by atoms with Crippen LogP contribution in [-0.4, -0.2) is 34.4 Å². The van der Waals surface area contributed by atoms with Gasteiger partial charge in [-0.2, -0.15) is 9.40 Å². The molecule has 0 saturated carbocycles. The van der Waals surface area contributed by atoms with Crippen LogP contribution < -0.4 is 0 Å². The molecule has 24 heavy (non-hydrogen) atoms. The molecular formula is C16H15FN4O2S. The van der Waals surface area contributed by atoms with Gasteiger partial charge in [0.2, 0.25) is 10.0 Å². The monoisotopic (exact) mass is 346 g/mol. The number of pyridine rings is 1. The molecule has 6 nitrogen and oxygen atoms in total. The van der Waals surface area contributed by atoms with E-state index in [1.54, 1.807) is 25.4 Å². The van der Waals surface area contributed by atoms with E-state index >= 15 is 0 Å². The summed E-state index contributed by atoms with van der Waals surface area (Å²) in [7, 11) is -3.89. The average molecular weight is 346 g/mol. The fourth-order valence-electron chi connectivity index (χ4n) is 3.08. The van der Waals surface area contributed by atoms with Crippen LogP contribution in [0.4, 0.5) is 4.39 Å². The number of rotatable bonds is 2. The molecule has 0 atom stereocenters. The molecule has 1 aromatic carbocycles. The molecule has 1 aliphatic rings. The number of halogens is 1. The predicted octanol–water partition coefficient (Wildman–Crippen LogP) is 2.15. The third-order valence-corrected chi connectivity index (χ3v) is 6.20. The molecule has 3 aromatic rings. The predicted molar refractivity (Wildman–Crippen MR) is 86.3 cm³/mol. The number of hydrogen-bond donors (Lipinski definition) is 1. The molecule has 124 valence electrons. The summed E-state index contributed by atoms with van der Waals surface area (Å²) in [6, 6.07) is 4.12. The maximum Gasteiger partial charge on any atom is 0.246 e. The number of nitrogens with zero attached hydrogens (tertiary/aromatic N) is 3. The van der Waals surface area contributed by atoms with Crippen molar-refractivity contribution in [2.75, 3.05) is 6.54 Å². The minimum atomic E-state index is -3.89. The van der Waals surface area contributed by atoms with Gasteiger partial charge in [0, 0.05) is 24.7 Å². The number of aryl methyl sites for hydroxylation is 1. The average Bonchev–Trinajstić information content (AvgIpc) is 3.05. The molecule has 0 bridgehead atoms. The Morgan fingerprint density at radius 1 is 1.29 bits per heavy atom. The van der Waals surface area contributed by atoms with Gasteiger partial charge in [-0.05, 0) is 42.2 Å². The molecule has 3 heterocycles. The first-order valence-corrected chi connectivity index (χ1v) is 8.97. The second kappa shape index (κ2) is 5.35. The van der Waals surface area contributed by atoms with Gasteiger partial charge < -0.3 is 0 Å². The van der Waals surface area contributed by atoms with Crippen LogP contribution in [0.2, 0.25) is 0 Å². The van der Waals surface area contributed by atoms with Crippen molar-refractivity contribution in [2.45, 2.75) is 24.8 Å². The normalized spacial score (nSPS) is 15.6. The van der Waals surface area contributed by atoms with Crippen molar-refractivity contribution in [1.29, 1.82) is 0 Å². The minimum Gasteiger partial charge on any atom is -0.261 e. The number of aromatic amines is 1. The number of H-pyrrole nitrogens is 1. The van der Waals surface area contributed by atoms with Crippen LogP contribution in [0.1, 0.15) is 16.7 Å². The van der Waals surface area contributed by atoms with E-state index in [0.29, 0.717) is 24.2 Å². The zero-order valence-electron chi connectivity index (χ0n) is 13.0. The van der Waals surface area contributed by atoms with Gasteiger partial charge in [-0.15, -0.1) is 0 Å². The van der Waals surface area contributed by atoms with Crippen LogP contribution in [0.5, 0.6) is 0 Å². The first kappa shape index (κ1) is 15.2. The summed E-state index contributed by atoms with van der Waals surface area (Å²) < 4.78 is 41.0. The van der Waals surface area contributed by atoms with Gasteiger partial charge in [0.25, 0.3) is 0 Å². The largest absolute Gasteiger partial charge is 0.261 e. The zero-order chi connectivity index (χ0) is 16.9. The van der Waals surface area contributed by atoms with Crippen LogP contribution in [0.25, 0.3) is 11.0 Å². The molecule has 2 aromatic heterocycles. The quantitative estimate of drug-likeness (QED) is 0.771. The highest BCUT2D eigenvalue weighted by Crippen LogP contribution is 2.29. The lowest BCUT2D eigenvalue weighted by Gasteiger charge is -2.28. The van der Waals surface area contributed by atoms with E-state index in [-0.39, 0.29) is 11.4 Å². The second-order valence-corrected chi connectivity index (χ2v) is 7.82. The van der Waals surface area contributed by atoms with E-state index in [1.165, 1.54) is 16.4 Å². The van der Waals surface area contributed by atoms with Crippen molar-refractivity contribution in [3.63, 3.8) is 0 Å². The van der Waals surface area contributed by atoms with E-state index < -0.39 is 15.8 Å². The first-order chi connectivity index (χ1) is 11.5. The molecule has 0 fully saturated rings. The summed E-state index contributed by atoms with van der Waals surface area (Å²) in [5.41, 5.74) is 3.26. The molecule has 0 amide bonds. The summed E-state index contributed by atoms with van der Waals surface area (Å²) in [6.45, 7) is 2.22. The van der Waals surface area contributed by atoms with Crippen LogP contribution in [0.15, 0.2) is 35.5 Å². The maximum absolute atomic E-state index is 14.1. The van der Waals surface area contributed by atoms with Crippen LogP contribution in [0, 0.1) is 12.7 Å². The van der Waals surface area contributed by atoms with Crippen molar-refractivity contribution in [1.82, 2.24) is 19.5 Å². The summed E-state index contributed by atoms with van der Waals surface area (Å²) in [5, 5.41) is 7.69. The van der Waals surface area contributed by atoms with Gasteiger partial charge in [-0.3, -0.25) is 5.10 Å². The van der Waals surface area contributed by atoms with Crippen LogP contribution in [-0.2, 0) is 23.0 Å². The number of hydrogen-bond acceptors (Lipinski definition) is 4. The Bertz CT molecular complexity index is 1050. The SMILES string of the molecule is Cc1ccc(F)c(S(=O)(=O)N2CCc3c(cnc4[nH]ncc34)C2)c1. The number of fused-ring (bicyclic) bond motifs is 3. The fourth-order valence-corrected chi connectivity index (χ4v) is 4.65. The summed E-state index contributed by atoms with van der Waals surface area (Å²) in [6.07, 6.45) is 3.90. The van der Waals surface area contributed by atoms with E-state index in [0.717, 1.165) is 16.5 Å². The third kappa shape index (κ3) is 2.30. The maximum atomic E-state index is 14.1. The molecule has 1 N–H and O–H groups in total. The van der Waals surface area contributed by atoms with Gasteiger partial charge in [0.15, 0.2) is 5.65 Å². The topological polar surface area (TPSA) is 79.0 Å². The summed E-state index contributed by atoms with van der Waals surface area (Å²) in [4.78, 5) is 3.99. The smallest absolute Gasteiger partial charge is 0.246 e. The molecule has 0 saturated heterocycles. The first-order valence-electron chi connectivity index (χ1n) is 7.53. The lowest BCUT2D eigenvalue weighted by molar-refractivity contribution is 0.389. The Labute approximate surface area is 138 Å². The van der Waals surface area contributed by atoms with Crippen molar-refractivity contribution in [3.05, 3.63) is 53.1 Å². The van der Waals surface area contributed by atoms with Gasteiger partial charge >= 0.3 is 0 Å². The lowest BCUT2D eigenvalue weighted by Crippen LogP contribution is -2.36. The van der Waals surface area contributed by atoms with Crippen LogP contribution >= 0.6 is 0 Å². The molecule has 0 aliphatic carbocycles. The van der Waals surface area contributed by atoms with Gasteiger partial charge in [-0.1, -0.05) is 6.07 Å². The number of nitrogens with one attached hydrogen (secondary N) is 1. The molecular weight excluding hydrogens is 331 g/mol. The number of benzene rings is 1. The molecule has 4 rings (SSSR count).